The Morgan fingerprint density at radius 2 is 2.10 bits per heavy atom. The van der Waals surface area contributed by atoms with Crippen molar-refractivity contribution in [3.05, 3.63) is 35.4 Å². The highest BCUT2D eigenvalue weighted by atomic mass is 32.2. The fourth-order valence-electron chi connectivity index (χ4n) is 3.30. The molecule has 1 saturated carbocycles. The average Bonchev–Trinajstić information content (AvgIpc) is 2.94. The molecule has 4 heteroatoms. The quantitative estimate of drug-likeness (QED) is 0.896. The van der Waals surface area contributed by atoms with Gasteiger partial charge in [0.15, 0.2) is 0 Å². The van der Waals surface area contributed by atoms with E-state index < -0.39 is 0 Å². The number of carbonyl (C=O) groups is 1. The van der Waals surface area contributed by atoms with Crippen molar-refractivity contribution in [2.24, 2.45) is 0 Å². The van der Waals surface area contributed by atoms with Crippen LogP contribution in [0.4, 0.5) is 0 Å². The summed E-state index contributed by atoms with van der Waals surface area (Å²) in [4.78, 5) is 12.4. The molecule has 1 amide bonds. The zero-order valence-corrected chi connectivity index (χ0v) is 12.7. The van der Waals surface area contributed by atoms with Gasteiger partial charge in [-0.05, 0) is 36.6 Å². The van der Waals surface area contributed by atoms with E-state index in [4.69, 9.17) is 0 Å². The molecule has 1 fully saturated rings. The van der Waals surface area contributed by atoms with Crippen LogP contribution in [0.1, 0.15) is 30.4 Å². The van der Waals surface area contributed by atoms with Gasteiger partial charge < -0.3 is 10.6 Å². The van der Waals surface area contributed by atoms with Crippen LogP contribution in [0.5, 0.6) is 0 Å². The van der Waals surface area contributed by atoms with Crippen molar-refractivity contribution >= 4 is 17.7 Å². The molecule has 1 aromatic rings. The first-order valence-electron chi connectivity index (χ1n) is 7.41. The average molecular weight is 290 g/mol. The molecule has 0 bridgehead atoms. The zero-order valence-electron chi connectivity index (χ0n) is 11.9. The highest BCUT2D eigenvalue weighted by molar-refractivity contribution is 7.99. The lowest BCUT2D eigenvalue weighted by atomic mass is 9.95. The number of amides is 1. The van der Waals surface area contributed by atoms with Crippen molar-refractivity contribution < 1.29 is 4.79 Å². The molecule has 3 rings (SSSR count). The maximum absolute atomic E-state index is 12.4. The van der Waals surface area contributed by atoms with Crippen LogP contribution in [0, 0.1) is 0 Å². The zero-order chi connectivity index (χ0) is 13.9. The van der Waals surface area contributed by atoms with Crippen LogP contribution in [-0.2, 0) is 17.8 Å². The Balaban J connectivity index is 1.61. The van der Waals surface area contributed by atoms with Gasteiger partial charge in [-0.1, -0.05) is 30.7 Å². The molecular formula is C16H22N2OS. The van der Waals surface area contributed by atoms with Crippen LogP contribution in [0.3, 0.4) is 0 Å². The second-order valence-corrected chi connectivity index (χ2v) is 6.80. The molecule has 3 atom stereocenters. The lowest BCUT2D eigenvalue weighted by Crippen LogP contribution is -2.51. The Kier molecular flexibility index (Phi) is 4.32. The molecule has 20 heavy (non-hydrogen) atoms. The van der Waals surface area contributed by atoms with Crippen molar-refractivity contribution in [2.45, 2.75) is 49.6 Å². The molecule has 1 heterocycles. The van der Waals surface area contributed by atoms with Crippen LogP contribution >= 0.6 is 11.8 Å². The monoisotopic (exact) mass is 290 g/mol. The first-order chi connectivity index (χ1) is 9.78. The Morgan fingerprint density at radius 1 is 1.30 bits per heavy atom. The summed E-state index contributed by atoms with van der Waals surface area (Å²) in [6.07, 6.45) is 6.54. The SMILES string of the molecule is CSC1CCCC1NC(=O)C1Cc2ccccc2CN1. The Morgan fingerprint density at radius 3 is 2.90 bits per heavy atom. The van der Waals surface area contributed by atoms with E-state index in [2.05, 4.69) is 41.2 Å². The van der Waals surface area contributed by atoms with E-state index >= 15 is 0 Å². The van der Waals surface area contributed by atoms with E-state index in [0.717, 1.165) is 19.4 Å². The molecule has 2 aliphatic rings. The van der Waals surface area contributed by atoms with E-state index in [9.17, 15) is 4.79 Å². The van der Waals surface area contributed by atoms with E-state index in [0.29, 0.717) is 11.3 Å². The molecule has 1 aliphatic heterocycles. The standard InChI is InChI=1S/C16H22N2OS/c1-20-15-8-4-7-13(15)18-16(19)14-9-11-5-2-3-6-12(11)10-17-14/h2-3,5-6,13-15,17H,4,7-10H2,1H3,(H,18,19). The summed E-state index contributed by atoms with van der Waals surface area (Å²) in [6, 6.07) is 8.67. The third-order valence-corrected chi connectivity index (χ3v) is 5.65. The highest BCUT2D eigenvalue weighted by Gasteiger charge is 2.31. The van der Waals surface area contributed by atoms with Crippen molar-refractivity contribution in [3.8, 4) is 0 Å². The topological polar surface area (TPSA) is 41.1 Å². The first-order valence-corrected chi connectivity index (χ1v) is 8.70. The van der Waals surface area contributed by atoms with Crippen LogP contribution in [0.2, 0.25) is 0 Å². The van der Waals surface area contributed by atoms with E-state index in [1.165, 1.54) is 24.0 Å². The Hall–Kier alpha value is -1.00. The molecule has 0 aromatic heterocycles. The number of fused-ring (bicyclic) bond motifs is 1. The summed E-state index contributed by atoms with van der Waals surface area (Å²) >= 11 is 1.88. The fourth-order valence-corrected chi connectivity index (χ4v) is 4.23. The lowest BCUT2D eigenvalue weighted by Gasteiger charge is -2.28. The van der Waals surface area contributed by atoms with Gasteiger partial charge >= 0.3 is 0 Å². The third kappa shape index (κ3) is 2.86. The summed E-state index contributed by atoms with van der Waals surface area (Å²) < 4.78 is 0. The minimum atomic E-state index is -0.0759. The van der Waals surface area contributed by atoms with Gasteiger partial charge in [0, 0.05) is 17.8 Å². The number of rotatable bonds is 3. The molecule has 108 valence electrons. The molecular weight excluding hydrogens is 268 g/mol. The molecule has 3 nitrogen and oxygen atoms in total. The number of hydrogen-bond acceptors (Lipinski definition) is 3. The summed E-state index contributed by atoms with van der Waals surface area (Å²) in [7, 11) is 0. The van der Waals surface area contributed by atoms with Gasteiger partial charge in [0.05, 0.1) is 6.04 Å². The maximum Gasteiger partial charge on any atom is 0.237 e. The second kappa shape index (κ2) is 6.19. The third-order valence-electron chi connectivity index (χ3n) is 4.48. The fraction of sp³-hybridized carbons (Fsp3) is 0.562. The minimum Gasteiger partial charge on any atom is -0.351 e. The smallest absolute Gasteiger partial charge is 0.237 e. The van der Waals surface area contributed by atoms with E-state index in [1.54, 1.807) is 0 Å². The Labute approximate surface area is 124 Å². The largest absolute Gasteiger partial charge is 0.351 e. The molecule has 2 N–H and O–H groups in total. The van der Waals surface area contributed by atoms with E-state index in [-0.39, 0.29) is 11.9 Å². The molecule has 1 aliphatic carbocycles. The van der Waals surface area contributed by atoms with Gasteiger partial charge in [-0.3, -0.25) is 4.79 Å². The van der Waals surface area contributed by atoms with Crippen LogP contribution in [0.15, 0.2) is 24.3 Å². The summed E-state index contributed by atoms with van der Waals surface area (Å²) in [5.41, 5.74) is 2.62. The number of benzene rings is 1. The van der Waals surface area contributed by atoms with Crippen LogP contribution in [0.25, 0.3) is 0 Å². The van der Waals surface area contributed by atoms with Crippen molar-refractivity contribution in [3.63, 3.8) is 0 Å². The molecule has 0 saturated heterocycles. The summed E-state index contributed by atoms with van der Waals surface area (Å²) in [5.74, 6) is 0.172. The van der Waals surface area contributed by atoms with Gasteiger partial charge in [-0.25, -0.2) is 0 Å². The molecule has 0 radical (unpaired) electrons. The van der Waals surface area contributed by atoms with Gasteiger partial charge in [0.1, 0.15) is 0 Å². The predicted octanol–water partition coefficient (Wildman–Crippen LogP) is 2.10. The minimum absolute atomic E-state index is 0.0759. The summed E-state index contributed by atoms with van der Waals surface area (Å²) in [6.45, 7) is 0.797. The highest BCUT2D eigenvalue weighted by Crippen LogP contribution is 2.28. The van der Waals surface area contributed by atoms with Crippen molar-refractivity contribution in [1.82, 2.24) is 10.6 Å². The maximum atomic E-state index is 12.4. The van der Waals surface area contributed by atoms with Gasteiger partial charge in [-0.15, -0.1) is 0 Å². The van der Waals surface area contributed by atoms with Gasteiger partial charge in [0.25, 0.3) is 0 Å². The van der Waals surface area contributed by atoms with Gasteiger partial charge in [-0.2, -0.15) is 11.8 Å². The van der Waals surface area contributed by atoms with Crippen LogP contribution < -0.4 is 10.6 Å². The van der Waals surface area contributed by atoms with Crippen molar-refractivity contribution in [2.75, 3.05) is 6.26 Å². The summed E-state index contributed by atoms with van der Waals surface area (Å²) in [5, 5.41) is 7.21. The number of nitrogens with one attached hydrogen (secondary N) is 2. The Bertz CT molecular complexity index is 491. The normalized spacial score (nSPS) is 28.9. The lowest BCUT2D eigenvalue weighted by molar-refractivity contribution is -0.124. The number of hydrogen-bond donors (Lipinski definition) is 2. The first kappa shape index (κ1) is 14.0. The van der Waals surface area contributed by atoms with Gasteiger partial charge in [0.2, 0.25) is 5.91 Å². The van der Waals surface area contributed by atoms with Crippen LogP contribution in [-0.4, -0.2) is 29.5 Å². The van der Waals surface area contributed by atoms with Crippen molar-refractivity contribution in [1.29, 1.82) is 0 Å². The predicted molar refractivity (Wildman–Crippen MR) is 83.9 cm³/mol. The molecule has 3 unspecified atom stereocenters. The second-order valence-electron chi connectivity index (χ2n) is 5.73. The van der Waals surface area contributed by atoms with E-state index in [1.807, 2.05) is 11.8 Å². The number of thioether (sulfide) groups is 1. The molecule has 0 spiro atoms. The number of carbonyl (C=O) groups excluding carboxylic acids is 1. The molecule has 1 aromatic carbocycles.